The van der Waals surface area contributed by atoms with Crippen LogP contribution in [0, 0.1) is 5.92 Å². The molecule has 0 aliphatic carbocycles. The summed E-state index contributed by atoms with van der Waals surface area (Å²) in [5.74, 6) is 0.568. The maximum Gasteiger partial charge on any atom is 0.246 e. The number of nitrogens with one attached hydrogen (secondary N) is 1. The Balaban J connectivity index is 1.53. The van der Waals surface area contributed by atoms with E-state index in [9.17, 15) is 4.79 Å². The molecule has 2 aromatic carbocycles. The number of anilines is 1. The number of carbonyl (C=O) groups is 1. The van der Waals surface area contributed by atoms with E-state index in [1.807, 2.05) is 19.9 Å². The number of fused-ring (bicyclic) bond motifs is 3. The first-order valence-corrected chi connectivity index (χ1v) is 11.4. The average Bonchev–Trinajstić information content (AvgIpc) is 3.24. The topological polar surface area (TPSA) is 95.1 Å². The fourth-order valence-corrected chi connectivity index (χ4v) is 3.98. The van der Waals surface area contributed by atoms with Crippen LogP contribution < -0.4 is 11.2 Å². The fraction of sp³-hybridized carbons (Fsp3) is 0.346. The molecule has 1 atom stereocenters. The number of amides is 1. The molecule has 0 saturated carbocycles. The van der Waals surface area contributed by atoms with Crippen molar-refractivity contribution in [2.24, 2.45) is 5.92 Å². The summed E-state index contributed by atoms with van der Waals surface area (Å²) in [5.41, 5.74) is 13.9. The van der Waals surface area contributed by atoms with Crippen molar-refractivity contribution in [2.45, 2.75) is 46.1 Å². The number of hydroxylamine groups is 1. The van der Waals surface area contributed by atoms with Crippen molar-refractivity contribution in [3.8, 4) is 0 Å². The van der Waals surface area contributed by atoms with Gasteiger partial charge in [0.15, 0.2) is 5.82 Å². The Morgan fingerprint density at radius 2 is 1.94 bits per heavy atom. The first-order valence-electron chi connectivity index (χ1n) is 11.4. The van der Waals surface area contributed by atoms with E-state index in [1.165, 1.54) is 11.1 Å². The number of rotatable bonds is 9. The van der Waals surface area contributed by atoms with Gasteiger partial charge in [0.25, 0.3) is 0 Å². The number of aryl methyl sites for hydroxylation is 1. The molecule has 0 bridgehead atoms. The summed E-state index contributed by atoms with van der Waals surface area (Å²) in [6.07, 6.45) is 3.48. The Morgan fingerprint density at radius 1 is 1.15 bits per heavy atom. The molecule has 172 valence electrons. The number of pyridine rings is 1. The quantitative estimate of drug-likeness (QED) is 0.290. The lowest BCUT2D eigenvalue weighted by Crippen LogP contribution is -2.28. The standard InChI is InChI=1S/C26H31N5O2/c1-17(2)26(32)30-33-13-7-12-31-16-28-23-24(31)21-11-10-20(15-22(21)29-25(23)27)18(3)14-19-8-5-4-6-9-19/h4-6,8-11,15-18H,7,12-14H2,1-3H3,(H2,27,29)(H,30,32). The largest absolute Gasteiger partial charge is 0.382 e. The number of nitrogens with zero attached hydrogens (tertiary/aromatic N) is 3. The highest BCUT2D eigenvalue weighted by molar-refractivity contribution is 6.06. The third-order valence-electron chi connectivity index (χ3n) is 5.89. The predicted molar refractivity (Wildman–Crippen MR) is 132 cm³/mol. The lowest BCUT2D eigenvalue weighted by atomic mass is 9.93. The first-order chi connectivity index (χ1) is 15.9. The maximum atomic E-state index is 11.6. The highest BCUT2D eigenvalue weighted by Crippen LogP contribution is 2.30. The molecule has 7 nitrogen and oxygen atoms in total. The van der Waals surface area contributed by atoms with Crippen LogP contribution in [0.4, 0.5) is 5.82 Å². The van der Waals surface area contributed by atoms with Crippen LogP contribution in [-0.2, 0) is 22.6 Å². The summed E-state index contributed by atoms with van der Waals surface area (Å²) >= 11 is 0. The molecule has 2 aromatic heterocycles. The molecule has 7 heteroatoms. The number of nitrogen functional groups attached to an aromatic ring is 1. The molecule has 0 spiro atoms. The second-order valence-corrected chi connectivity index (χ2v) is 8.82. The molecule has 0 saturated heterocycles. The Hall–Kier alpha value is -3.45. The second-order valence-electron chi connectivity index (χ2n) is 8.82. The molecular weight excluding hydrogens is 414 g/mol. The maximum absolute atomic E-state index is 11.6. The van der Waals surface area contributed by atoms with E-state index in [0.717, 1.165) is 29.3 Å². The SMILES string of the molecule is CC(C)C(=O)NOCCCn1cnc2c(N)nc3cc(C(C)Cc4ccccc4)ccc3c21. The Morgan fingerprint density at radius 3 is 2.70 bits per heavy atom. The Kier molecular flexibility index (Phi) is 6.89. The van der Waals surface area contributed by atoms with Gasteiger partial charge in [0, 0.05) is 17.8 Å². The van der Waals surface area contributed by atoms with Crippen LogP contribution in [0.2, 0.25) is 0 Å². The van der Waals surface area contributed by atoms with Gasteiger partial charge in [-0.3, -0.25) is 9.63 Å². The zero-order valence-electron chi connectivity index (χ0n) is 19.4. The fourth-order valence-electron chi connectivity index (χ4n) is 3.98. The smallest absolute Gasteiger partial charge is 0.246 e. The minimum absolute atomic E-state index is 0.107. The zero-order valence-corrected chi connectivity index (χ0v) is 19.4. The highest BCUT2D eigenvalue weighted by atomic mass is 16.6. The van der Waals surface area contributed by atoms with Gasteiger partial charge in [-0.25, -0.2) is 15.4 Å². The zero-order chi connectivity index (χ0) is 23.4. The van der Waals surface area contributed by atoms with Crippen molar-refractivity contribution >= 4 is 33.7 Å². The summed E-state index contributed by atoms with van der Waals surface area (Å²) < 4.78 is 2.08. The van der Waals surface area contributed by atoms with Gasteiger partial charge in [0.05, 0.1) is 24.0 Å². The monoisotopic (exact) mass is 445 g/mol. The number of hydrogen-bond acceptors (Lipinski definition) is 5. The highest BCUT2D eigenvalue weighted by Gasteiger charge is 2.15. The number of hydrogen-bond donors (Lipinski definition) is 2. The minimum atomic E-state index is -0.120. The lowest BCUT2D eigenvalue weighted by Gasteiger charge is -2.14. The van der Waals surface area contributed by atoms with E-state index in [1.54, 1.807) is 6.33 Å². The van der Waals surface area contributed by atoms with Crippen LogP contribution in [0.3, 0.4) is 0 Å². The molecule has 0 fully saturated rings. The van der Waals surface area contributed by atoms with E-state index in [4.69, 9.17) is 10.6 Å². The lowest BCUT2D eigenvalue weighted by molar-refractivity contribution is -0.136. The molecule has 0 aliphatic rings. The number of aromatic nitrogens is 3. The van der Waals surface area contributed by atoms with Gasteiger partial charge >= 0.3 is 0 Å². The van der Waals surface area contributed by atoms with Crippen LogP contribution in [0.1, 0.15) is 44.2 Å². The van der Waals surface area contributed by atoms with Crippen LogP contribution in [0.5, 0.6) is 0 Å². The van der Waals surface area contributed by atoms with Gasteiger partial charge in [-0.05, 0) is 36.0 Å². The van der Waals surface area contributed by atoms with Gasteiger partial charge in [0.2, 0.25) is 5.91 Å². The summed E-state index contributed by atoms with van der Waals surface area (Å²) in [5, 5.41) is 1.03. The van der Waals surface area contributed by atoms with E-state index in [-0.39, 0.29) is 11.8 Å². The van der Waals surface area contributed by atoms with Crippen molar-refractivity contribution in [1.29, 1.82) is 0 Å². The molecule has 33 heavy (non-hydrogen) atoms. The molecule has 0 aliphatic heterocycles. The average molecular weight is 446 g/mol. The summed E-state index contributed by atoms with van der Waals surface area (Å²) in [6.45, 7) is 7.00. The van der Waals surface area contributed by atoms with Crippen molar-refractivity contribution in [3.63, 3.8) is 0 Å². The van der Waals surface area contributed by atoms with Crippen LogP contribution in [0.25, 0.3) is 21.9 Å². The normalized spacial score (nSPS) is 12.5. The Bertz CT molecular complexity index is 1250. The Labute approximate surface area is 193 Å². The number of imidazole rings is 1. The molecule has 3 N–H and O–H groups in total. The predicted octanol–water partition coefficient (Wildman–Crippen LogP) is 4.61. The summed E-state index contributed by atoms with van der Waals surface area (Å²) in [4.78, 5) is 26.0. The van der Waals surface area contributed by atoms with Crippen molar-refractivity contribution in [3.05, 3.63) is 66.0 Å². The van der Waals surface area contributed by atoms with Crippen LogP contribution in [-0.4, -0.2) is 27.0 Å². The van der Waals surface area contributed by atoms with Crippen LogP contribution in [0.15, 0.2) is 54.9 Å². The molecule has 0 radical (unpaired) electrons. The van der Waals surface area contributed by atoms with E-state index < -0.39 is 0 Å². The molecule has 2 heterocycles. The third kappa shape index (κ3) is 5.14. The van der Waals surface area contributed by atoms with Crippen molar-refractivity contribution < 1.29 is 9.63 Å². The van der Waals surface area contributed by atoms with E-state index in [2.05, 4.69) is 69.4 Å². The van der Waals surface area contributed by atoms with Gasteiger partial charge in [-0.15, -0.1) is 0 Å². The van der Waals surface area contributed by atoms with E-state index in [0.29, 0.717) is 30.4 Å². The third-order valence-corrected chi connectivity index (χ3v) is 5.89. The minimum Gasteiger partial charge on any atom is -0.382 e. The summed E-state index contributed by atoms with van der Waals surface area (Å²) in [7, 11) is 0. The van der Waals surface area contributed by atoms with Crippen molar-refractivity contribution in [1.82, 2.24) is 20.0 Å². The van der Waals surface area contributed by atoms with Gasteiger partial charge in [-0.2, -0.15) is 0 Å². The number of benzene rings is 2. The van der Waals surface area contributed by atoms with Gasteiger partial charge in [-0.1, -0.05) is 63.2 Å². The molecule has 4 rings (SSSR count). The molecule has 1 unspecified atom stereocenters. The molecule has 4 aromatic rings. The summed E-state index contributed by atoms with van der Waals surface area (Å²) in [6, 6.07) is 17.0. The van der Waals surface area contributed by atoms with Crippen LogP contribution >= 0.6 is 0 Å². The number of nitrogens with two attached hydrogens (primary N) is 1. The van der Waals surface area contributed by atoms with Gasteiger partial charge in [0.1, 0.15) is 5.52 Å². The first kappa shape index (κ1) is 22.7. The van der Waals surface area contributed by atoms with E-state index >= 15 is 0 Å². The van der Waals surface area contributed by atoms with Crippen molar-refractivity contribution in [2.75, 3.05) is 12.3 Å². The van der Waals surface area contributed by atoms with Gasteiger partial charge < -0.3 is 10.3 Å². The molecular formula is C26H31N5O2. The molecule has 1 amide bonds. The number of carbonyl (C=O) groups excluding carboxylic acids is 1. The second kappa shape index (κ2) is 10.0.